The maximum atomic E-state index is 7.32. The molecule has 0 atom stereocenters. The molecule has 0 bridgehead atoms. The van der Waals surface area contributed by atoms with E-state index in [1.54, 1.807) is 6.07 Å². The third-order valence-electron chi connectivity index (χ3n) is 0.500. The van der Waals surface area contributed by atoms with E-state index < -0.39 is 0 Å². The van der Waals surface area contributed by atoms with Gasteiger partial charge in [0.05, 0.1) is 12.2 Å². The van der Waals surface area contributed by atoms with Crippen molar-refractivity contribution in [1.29, 1.82) is 5.26 Å². The molecule has 0 aliphatic heterocycles. The molecule has 0 aliphatic carbocycles. The molecule has 0 saturated carbocycles. The molecule has 0 radical (unpaired) electrons. The fraction of sp³-hybridized carbons (Fsp3) is 0.857. The maximum Gasteiger partial charge on any atom is 0.0587 e. The number of rotatable bonds is 2. The van der Waals surface area contributed by atoms with Gasteiger partial charge in [-0.25, -0.2) is 0 Å². The molecule has 0 aromatic rings. The molecule has 0 aromatic heterocycles. The van der Waals surface area contributed by atoms with Gasteiger partial charge in [-0.1, -0.05) is 0 Å². The zero-order chi connectivity index (χ0) is 7.70. The molecule has 0 heterocycles. The number of ether oxygens (including phenoxy) is 1. The van der Waals surface area contributed by atoms with Crippen molar-refractivity contribution < 1.29 is 4.74 Å². The molecule has 2 heteroatoms. The molecule has 0 rings (SSSR count). The monoisotopic (exact) mass is 129 g/mol. The standard InChI is InChI=1S/C5H12O.C2H3N/c1-4-6-5(2)3;1-2-3/h5H,4H2,1-3H3;1H3. The van der Waals surface area contributed by atoms with Gasteiger partial charge in [0.25, 0.3) is 0 Å². The van der Waals surface area contributed by atoms with E-state index in [1.807, 2.05) is 20.8 Å². The smallest absolute Gasteiger partial charge is 0.0587 e. The molecular formula is C7H15NO. The Morgan fingerprint density at radius 1 is 1.56 bits per heavy atom. The molecule has 0 aromatic carbocycles. The Hall–Kier alpha value is -0.550. The van der Waals surface area contributed by atoms with Crippen LogP contribution in [0.25, 0.3) is 0 Å². The van der Waals surface area contributed by atoms with Crippen molar-refractivity contribution in [2.24, 2.45) is 0 Å². The van der Waals surface area contributed by atoms with Crippen molar-refractivity contribution in [1.82, 2.24) is 0 Å². The predicted molar refractivity (Wildman–Crippen MR) is 38.0 cm³/mol. The second-order valence-corrected chi connectivity index (χ2v) is 1.73. The van der Waals surface area contributed by atoms with Crippen LogP contribution in [-0.4, -0.2) is 12.7 Å². The lowest BCUT2D eigenvalue weighted by atomic mass is 10.5. The maximum absolute atomic E-state index is 7.32. The summed E-state index contributed by atoms with van der Waals surface area (Å²) < 4.78 is 5.04. The third-order valence-corrected chi connectivity index (χ3v) is 0.500. The molecule has 0 amide bonds. The van der Waals surface area contributed by atoms with Gasteiger partial charge in [-0.3, -0.25) is 0 Å². The number of nitriles is 1. The number of hydrogen-bond acceptors (Lipinski definition) is 2. The Labute approximate surface area is 57.4 Å². The minimum Gasteiger partial charge on any atom is -0.379 e. The lowest BCUT2D eigenvalue weighted by molar-refractivity contribution is 0.0899. The number of nitrogens with zero attached hydrogens (tertiary/aromatic N) is 1. The first-order valence-corrected chi connectivity index (χ1v) is 3.11. The van der Waals surface area contributed by atoms with E-state index in [1.165, 1.54) is 6.92 Å². The average molecular weight is 129 g/mol. The third kappa shape index (κ3) is 36.9. The number of hydrogen-bond donors (Lipinski definition) is 0. The van der Waals surface area contributed by atoms with Gasteiger partial charge >= 0.3 is 0 Å². The minimum absolute atomic E-state index is 0.398. The van der Waals surface area contributed by atoms with Crippen LogP contribution in [0.5, 0.6) is 0 Å². The largest absolute Gasteiger partial charge is 0.379 e. The summed E-state index contributed by atoms with van der Waals surface area (Å²) in [5.41, 5.74) is 0. The van der Waals surface area contributed by atoms with E-state index in [0.717, 1.165) is 6.61 Å². The average Bonchev–Trinajstić information content (AvgIpc) is 1.67. The van der Waals surface area contributed by atoms with Crippen molar-refractivity contribution in [3.8, 4) is 6.07 Å². The first-order valence-electron chi connectivity index (χ1n) is 3.11. The summed E-state index contributed by atoms with van der Waals surface area (Å²) >= 11 is 0. The van der Waals surface area contributed by atoms with Crippen LogP contribution in [-0.2, 0) is 4.74 Å². The van der Waals surface area contributed by atoms with E-state index in [2.05, 4.69) is 0 Å². The van der Waals surface area contributed by atoms with Crippen LogP contribution in [0.1, 0.15) is 27.7 Å². The van der Waals surface area contributed by atoms with Crippen molar-refractivity contribution >= 4 is 0 Å². The van der Waals surface area contributed by atoms with Gasteiger partial charge in [-0.15, -0.1) is 0 Å². The van der Waals surface area contributed by atoms with Gasteiger partial charge < -0.3 is 4.74 Å². The summed E-state index contributed by atoms with van der Waals surface area (Å²) in [4.78, 5) is 0. The van der Waals surface area contributed by atoms with Crippen LogP contribution in [0, 0.1) is 11.3 Å². The van der Waals surface area contributed by atoms with Crippen LogP contribution in [0.15, 0.2) is 0 Å². The van der Waals surface area contributed by atoms with Gasteiger partial charge in [-0.05, 0) is 20.8 Å². The normalized spacial score (nSPS) is 7.56. The van der Waals surface area contributed by atoms with Gasteiger partial charge in [0.1, 0.15) is 0 Å². The molecule has 0 unspecified atom stereocenters. The Bertz CT molecular complexity index is 73.5. The van der Waals surface area contributed by atoms with Gasteiger partial charge in [0, 0.05) is 13.5 Å². The zero-order valence-electron chi connectivity index (χ0n) is 6.64. The van der Waals surface area contributed by atoms with E-state index in [-0.39, 0.29) is 0 Å². The highest BCUT2D eigenvalue weighted by atomic mass is 16.5. The second-order valence-electron chi connectivity index (χ2n) is 1.73. The van der Waals surface area contributed by atoms with Crippen LogP contribution >= 0.6 is 0 Å². The van der Waals surface area contributed by atoms with Gasteiger partial charge in [-0.2, -0.15) is 5.26 Å². The van der Waals surface area contributed by atoms with Crippen molar-refractivity contribution in [2.45, 2.75) is 33.8 Å². The Kier molecular flexibility index (Phi) is 13.1. The Balaban J connectivity index is 0. The Morgan fingerprint density at radius 3 is 1.89 bits per heavy atom. The molecule has 9 heavy (non-hydrogen) atoms. The summed E-state index contributed by atoms with van der Waals surface area (Å²) in [6, 6.07) is 1.75. The molecule has 54 valence electrons. The molecule has 0 saturated heterocycles. The summed E-state index contributed by atoms with van der Waals surface area (Å²) in [6.07, 6.45) is 0.398. The lowest BCUT2D eigenvalue weighted by Crippen LogP contribution is -1.99. The SMILES string of the molecule is CC#N.CCOC(C)C. The lowest BCUT2D eigenvalue weighted by Gasteiger charge is -2.00. The zero-order valence-corrected chi connectivity index (χ0v) is 6.64. The van der Waals surface area contributed by atoms with Crippen LogP contribution < -0.4 is 0 Å². The summed E-state index contributed by atoms with van der Waals surface area (Å²) in [6.45, 7) is 8.32. The van der Waals surface area contributed by atoms with E-state index in [4.69, 9.17) is 10.00 Å². The van der Waals surface area contributed by atoms with E-state index in [9.17, 15) is 0 Å². The first-order chi connectivity index (χ1) is 4.18. The fourth-order valence-electron chi connectivity index (χ4n) is 0.333. The molecule has 2 nitrogen and oxygen atoms in total. The fourth-order valence-corrected chi connectivity index (χ4v) is 0.333. The highest BCUT2D eigenvalue weighted by Crippen LogP contribution is 1.83. The van der Waals surface area contributed by atoms with E-state index in [0.29, 0.717) is 6.10 Å². The highest BCUT2D eigenvalue weighted by Gasteiger charge is 1.83. The molecule has 0 fully saturated rings. The predicted octanol–water partition coefficient (Wildman–Crippen LogP) is 1.96. The van der Waals surface area contributed by atoms with E-state index >= 15 is 0 Å². The summed E-state index contributed by atoms with van der Waals surface area (Å²) in [5, 5.41) is 7.32. The van der Waals surface area contributed by atoms with Gasteiger partial charge in [0.2, 0.25) is 0 Å². The summed E-state index contributed by atoms with van der Waals surface area (Å²) in [7, 11) is 0. The van der Waals surface area contributed by atoms with Crippen molar-refractivity contribution in [2.75, 3.05) is 6.61 Å². The van der Waals surface area contributed by atoms with Crippen molar-refractivity contribution in [3.05, 3.63) is 0 Å². The Morgan fingerprint density at radius 2 is 1.89 bits per heavy atom. The van der Waals surface area contributed by atoms with Crippen LogP contribution in [0.4, 0.5) is 0 Å². The van der Waals surface area contributed by atoms with Crippen molar-refractivity contribution in [3.63, 3.8) is 0 Å². The summed E-state index contributed by atoms with van der Waals surface area (Å²) in [5.74, 6) is 0. The molecule has 0 aliphatic rings. The molecule has 0 N–H and O–H groups in total. The van der Waals surface area contributed by atoms with Gasteiger partial charge in [0.15, 0.2) is 0 Å². The minimum atomic E-state index is 0.398. The highest BCUT2D eigenvalue weighted by molar-refractivity contribution is 4.51. The molecular weight excluding hydrogens is 114 g/mol. The topological polar surface area (TPSA) is 33.0 Å². The molecule has 0 spiro atoms. The quantitative estimate of drug-likeness (QED) is 0.571. The van der Waals surface area contributed by atoms with Crippen LogP contribution in [0.3, 0.4) is 0 Å². The first kappa shape index (κ1) is 11.3. The second kappa shape index (κ2) is 10.4. The van der Waals surface area contributed by atoms with Crippen LogP contribution in [0.2, 0.25) is 0 Å².